The van der Waals surface area contributed by atoms with Crippen LogP contribution in [-0.2, 0) is 27.2 Å². The Hall–Kier alpha value is -2.08. The summed E-state index contributed by atoms with van der Waals surface area (Å²) in [4.78, 5) is 25.4. The molecule has 0 fully saturated rings. The molecule has 2 N–H and O–H groups in total. The van der Waals surface area contributed by atoms with Crippen LogP contribution in [0.2, 0.25) is 0 Å². The number of carbonyl (C=O) groups is 2. The van der Waals surface area contributed by atoms with Gasteiger partial charge in [0, 0.05) is 39.5 Å². The molecule has 6 heteroatoms. The molecule has 0 radical (unpaired) electrons. The Kier molecular flexibility index (Phi) is 6.40. The highest BCUT2D eigenvalue weighted by atomic mass is 16.5. The van der Waals surface area contributed by atoms with E-state index in [0.717, 1.165) is 13.0 Å². The first-order valence-corrected chi connectivity index (χ1v) is 7.99. The van der Waals surface area contributed by atoms with Gasteiger partial charge in [-0.05, 0) is 36.5 Å². The smallest absolute Gasteiger partial charge is 0.309 e. The number of rotatable bonds is 6. The Bertz CT molecular complexity index is 560. The van der Waals surface area contributed by atoms with Crippen molar-refractivity contribution in [1.29, 1.82) is 0 Å². The molecule has 0 aliphatic carbocycles. The highest BCUT2D eigenvalue weighted by Crippen LogP contribution is 2.26. The molecule has 0 saturated heterocycles. The zero-order valence-electron chi connectivity index (χ0n) is 13.9. The molecule has 1 aromatic rings. The Morgan fingerprint density at radius 3 is 2.70 bits per heavy atom. The highest BCUT2D eigenvalue weighted by Gasteiger charge is 2.14. The van der Waals surface area contributed by atoms with Gasteiger partial charge >= 0.3 is 11.8 Å². The molecule has 1 aliphatic rings. The van der Waals surface area contributed by atoms with E-state index in [2.05, 4.69) is 40.8 Å². The van der Waals surface area contributed by atoms with E-state index in [1.165, 1.54) is 23.2 Å². The standard InChI is InChI=1S/C17H25N3O3/c1-20-10-3-4-14-12-13(5-6-15(14)20)7-8-18-16(21)17(22)19-9-11-23-2/h5-6,12H,3-4,7-11H2,1-2H3,(H,18,21)(H,19,22). The van der Waals surface area contributed by atoms with Crippen LogP contribution in [0, 0.1) is 0 Å². The molecule has 1 aliphatic heterocycles. The van der Waals surface area contributed by atoms with E-state index in [-0.39, 0.29) is 0 Å². The van der Waals surface area contributed by atoms with Gasteiger partial charge in [-0.3, -0.25) is 9.59 Å². The quantitative estimate of drug-likeness (QED) is 0.591. The number of benzene rings is 1. The molecule has 0 unspecified atom stereocenters. The number of methoxy groups -OCH3 is 1. The van der Waals surface area contributed by atoms with Gasteiger partial charge in [-0.25, -0.2) is 0 Å². The predicted octanol–water partition coefficient (Wildman–Crippen LogP) is 0.490. The second kappa shape index (κ2) is 8.53. The highest BCUT2D eigenvalue weighted by molar-refractivity contribution is 6.35. The van der Waals surface area contributed by atoms with Crippen molar-refractivity contribution >= 4 is 17.5 Å². The second-order valence-electron chi connectivity index (χ2n) is 5.74. The maximum Gasteiger partial charge on any atom is 0.309 e. The summed E-state index contributed by atoms with van der Waals surface area (Å²) in [5.41, 5.74) is 3.83. The minimum absolute atomic E-state index is 0.334. The molecule has 0 bridgehead atoms. The van der Waals surface area contributed by atoms with Gasteiger partial charge in [-0.2, -0.15) is 0 Å². The van der Waals surface area contributed by atoms with Gasteiger partial charge in [-0.1, -0.05) is 12.1 Å². The fourth-order valence-electron chi connectivity index (χ4n) is 2.74. The number of carbonyl (C=O) groups excluding carboxylic acids is 2. The molecular weight excluding hydrogens is 294 g/mol. The summed E-state index contributed by atoms with van der Waals surface area (Å²) in [5.74, 6) is -1.21. The summed E-state index contributed by atoms with van der Waals surface area (Å²) >= 11 is 0. The van der Waals surface area contributed by atoms with E-state index in [1.807, 2.05) is 0 Å². The minimum atomic E-state index is -0.617. The van der Waals surface area contributed by atoms with E-state index in [1.54, 1.807) is 7.11 Å². The topological polar surface area (TPSA) is 70.7 Å². The number of amides is 2. The molecule has 0 spiro atoms. The van der Waals surface area contributed by atoms with Crippen molar-refractivity contribution in [1.82, 2.24) is 10.6 Å². The minimum Gasteiger partial charge on any atom is -0.383 e. The lowest BCUT2D eigenvalue weighted by molar-refractivity contribution is -0.139. The molecule has 0 aromatic heterocycles. The fraction of sp³-hybridized carbons (Fsp3) is 0.529. The maximum absolute atomic E-state index is 11.6. The zero-order chi connectivity index (χ0) is 16.7. The Labute approximate surface area is 137 Å². The number of nitrogens with zero attached hydrogens (tertiary/aromatic N) is 1. The zero-order valence-corrected chi connectivity index (χ0v) is 13.9. The summed E-state index contributed by atoms with van der Waals surface area (Å²) in [6.07, 6.45) is 2.99. The molecule has 126 valence electrons. The second-order valence-corrected chi connectivity index (χ2v) is 5.74. The number of hydrogen-bond acceptors (Lipinski definition) is 4. The van der Waals surface area contributed by atoms with Crippen LogP contribution in [0.5, 0.6) is 0 Å². The van der Waals surface area contributed by atoms with E-state index in [4.69, 9.17) is 4.74 Å². The van der Waals surface area contributed by atoms with Crippen LogP contribution in [-0.4, -0.2) is 52.2 Å². The predicted molar refractivity (Wildman–Crippen MR) is 89.6 cm³/mol. The first kappa shape index (κ1) is 17.3. The molecule has 1 heterocycles. The SMILES string of the molecule is COCCNC(=O)C(=O)NCCc1ccc2c(c1)CCCN2C. The van der Waals surface area contributed by atoms with Gasteiger partial charge in [-0.15, -0.1) is 0 Å². The molecular formula is C17H25N3O3. The van der Waals surface area contributed by atoms with E-state index in [9.17, 15) is 9.59 Å². The lowest BCUT2D eigenvalue weighted by atomic mass is 9.98. The van der Waals surface area contributed by atoms with Crippen LogP contribution >= 0.6 is 0 Å². The van der Waals surface area contributed by atoms with Crippen molar-refractivity contribution in [2.75, 3.05) is 45.3 Å². The monoisotopic (exact) mass is 319 g/mol. The van der Waals surface area contributed by atoms with Crippen LogP contribution in [0.25, 0.3) is 0 Å². The van der Waals surface area contributed by atoms with Crippen molar-refractivity contribution in [3.63, 3.8) is 0 Å². The molecule has 1 aromatic carbocycles. The lowest BCUT2D eigenvalue weighted by Crippen LogP contribution is -2.41. The number of nitrogens with one attached hydrogen (secondary N) is 2. The Morgan fingerprint density at radius 2 is 1.96 bits per heavy atom. The fourth-order valence-corrected chi connectivity index (χ4v) is 2.74. The number of anilines is 1. The average Bonchev–Trinajstić information content (AvgIpc) is 2.55. The summed E-state index contributed by atoms with van der Waals surface area (Å²) in [5, 5.41) is 5.14. The van der Waals surface area contributed by atoms with E-state index >= 15 is 0 Å². The van der Waals surface area contributed by atoms with Gasteiger partial charge in [0.05, 0.1) is 6.61 Å². The third-order valence-electron chi connectivity index (χ3n) is 3.99. The van der Waals surface area contributed by atoms with Crippen molar-refractivity contribution in [2.24, 2.45) is 0 Å². The lowest BCUT2D eigenvalue weighted by Gasteiger charge is -2.27. The number of aryl methyl sites for hydroxylation is 1. The average molecular weight is 319 g/mol. The first-order valence-electron chi connectivity index (χ1n) is 7.99. The van der Waals surface area contributed by atoms with Gasteiger partial charge in [0.2, 0.25) is 0 Å². The summed E-state index contributed by atoms with van der Waals surface area (Å²) < 4.78 is 4.81. The summed E-state index contributed by atoms with van der Waals surface area (Å²) in [7, 11) is 3.66. The van der Waals surface area contributed by atoms with Crippen molar-refractivity contribution in [3.05, 3.63) is 29.3 Å². The molecule has 2 rings (SSSR count). The molecule has 0 saturated carbocycles. The van der Waals surface area contributed by atoms with Gasteiger partial charge < -0.3 is 20.3 Å². The van der Waals surface area contributed by atoms with Crippen molar-refractivity contribution in [3.8, 4) is 0 Å². The first-order chi connectivity index (χ1) is 11.1. The largest absolute Gasteiger partial charge is 0.383 e. The molecule has 23 heavy (non-hydrogen) atoms. The summed E-state index contributed by atoms with van der Waals surface area (Å²) in [6.45, 7) is 2.27. The molecule has 0 atom stereocenters. The van der Waals surface area contributed by atoms with Gasteiger partial charge in [0.15, 0.2) is 0 Å². The van der Waals surface area contributed by atoms with Gasteiger partial charge in [0.25, 0.3) is 0 Å². The molecule has 6 nitrogen and oxygen atoms in total. The molecule has 2 amide bonds. The van der Waals surface area contributed by atoms with Crippen LogP contribution < -0.4 is 15.5 Å². The maximum atomic E-state index is 11.6. The number of fused-ring (bicyclic) bond motifs is 1. The number of hydrogen-bond donors (Lipinski definition) is 2. The van der Waals surface area contributed by atoms with Crippen molar-refractivity contribution in [2.45, 2.75) is 19.3 Å². The summed E-state index contributed by atoms with van der Waals surface area (Å²) in [6, 6.07) is 6.43. The Morgan fingerprint density at radius 1 is 1.22 bits per heavy atom. The van der Waals surface area contributed by atoms with Crippen LogP contribution in [0.1, 0.15) is 17.5 Å². The van der Waals surface area contributed by atoms with Crippen LogP contribution in [0.4, 0.5) is 5.69 Å². The van der Waals surface area contributed by atoms with E-state index in [0.29, 0.717) is 26.1 Å². The van der Waals surface area contributed by atoms with Crippen molar-refractivity contribution < 1.29 is 14.3 Å². The van der Waals surface area contributed by atoms with E-state index < -0.39 is 11.8 Å². The van der Waals surface area contributed by atoms with Gasteiger partial charge in [0.1, 0.15) is 0 Å². The normalized spacial score (nSPS) is 13.4. The van der Waals surface area contributed by atoms with Crippen LogP contribution in [0.15, 0.2) is 18.2 Å². The Balaban J connectivity index is 1.78. The van der Waals surface area contributed by atoms with Crippen LogP contribution in [0.3, 0.4) is 0 Å². The third kappa shape index (κ3) is 4.96. The number of ether oxygens (including phenoxy) is 1. The third-order valence-corrected chi connectivity index (χ3v) is 3.99.